The summed E-state index contributed by atoms with van der Waals surface area (Å²) < 4.78 is 10.6. The fourth-order valence-corrected chi connectivity index (χ4v) is 1.56. The van der Waals surface area contributed by atoms with Crippen LogP contribution >= 0.6 is 0 Å². The van der Waals surface area contributed by atoms with Gasteiger partial charge in [-0.2, -0.15) is 0 Å². The summed E-state index contributed by atoms with van der Waals surface area (Å²) in [6.45, 7) is 4.45. The lowest BCUT2D eigenvalue weighted by Crippen LogP contribution is -2.17. The van der Waals surface area contributed by atoms with E-state index in [1.54, 1.807) is 7.11 Å². The molecule has 0 aliphatic heterocycles. The summed E-state index contributed by atoms with van der Waals surface area (Å²) >= 11 is 0. The van der Waals surface area contributed by atoms with Gasteiger partial charge < -0.3 is 14.7 Å². The molecule has 0 saturated carbocycles. The van der Waals surface area contributed by atoms with Crippen molar-refractivity contribution in [3.05, 3.63) is 29.8 Å². The molecule has 0 bridgehead atoms. The molecule has 4 heteroatoms. The topological polar surface area (TPSA) is 51.1 Å². The first-order chi connectivity index (χ1) is 8.21. The first kappa shape index (κ1) is 13.5. The molecule has 4 nitrogen and oxygen atoms in total. The molecule has 1 unspecified atom stereocenters. The summed E-state index contributed by atoms with van der Waals surface area (Å²) in [6, 6.07) is 7.49. The highest BCUT2D eigenvalue weighted by molar-refractivity contribution is 6.00. The standard InChI is InChI=1S/C13H19NO3/c1-4-13(14-15)11-5-7-12(8-6-11)17-10(2)9-16-3/h5-8,10,15H,4,9H2,1-3H3. The van der Waals surface area contributed by atoms with Gasteiger partial charge in [0.15, 0.2) is 0 Å². The van der Waals surface area contributed by atoms with Crippen LogP contribution in [0.5, 0.6) is 5.75 Å². The molecule has 0 spiro atoms. The SMILES string of the molecule is CCC(=NO)c1ccc(OC(C)COC)cc1. The number of hydrogen-bond acceptors (Lipinski definition) is 4. The monoisotopic (exact) mass is 237 g/mol. The van der Waals surface area contributed by atoms with Gasteiger partial charge in [-0.15, -0.1) is 0 Å². The lowest BCUT2D eigenvalue weighted by molar-refractivity contribution is 0.0921. The van der Waals surface area contributed by atoms with E-state index in [0.29, 0.717) is 18.7 Å². The second kappa shape index (κ2) is 6.91. The summed E-state index contributed by atoms with van der Waals surface area (Å²) in [7, 11) is 1.65. The van der Waals surface area contributed by atoms with Crippen LogP contribution in [0.15, 0.2) is 29.4 Å². The van der Waals surface area contributed by atoms with Gasteiger partial charge in [-0.05, 0) is 43.2 Å². The average molecular weight is 237 g/mol. The molecule has 0 heterocycles. The van der Waals surface area contributed by atoms with E-state index >= 15 is 0 Å². The number of ether oxygens (including phenoxy) is 2. The molecule has 1 aromatic rings. The number of nitrogens with zero attached hydrogens (tertiary/aromatic N) is 1. The fraction of sp³-hybridized carbons (Fsp3) is 0.462. The van der Waals surface area contributed by atoms with Crippen molar-refractivity contribution in [2.45, 2.75) is 26.4 Å². The number of rotatable bonds is 6. The van der Waals surface area contributed by atoms with E-state index < -0.39 is 0 Å². The minimum atomic E-state index is 0.0167. The van der Waals surface area contributed by atoms with E-state index in [2.05, 4.69) is 5.16 Å². The molecule has 0 aliphatic rings. The Labute approximate surface area is 102 Å². The minimum absolute atomic E-state index is 0.0167. The van der Waals surface area contributed by atoms with Crippen molar-refractivity contribution in [1.29, 1.82) is 0 Å². The fourth-order valence-electron chi connectivity index (χ4n) is 1.56. The maximum atomic E-state index is 8.80. The van der Waals surface area contributed by atoms with E-state index in [-0.39, 0.29) is 6.10 Å². The Hall–Kier alpha value is -1.55. The summed E-state index contributed by atoms with van der Waals surface area (Å²) in [4.78, 5) is 0. The van der Waals surface area contributed by atoms with Gasteiger partial charge in [0, 0.05) is 7.11 Å². The van der Waals surface area contributed by atoms with Gasteiger partial charge in [-0.3, -0.25) is 0 Å². The third kappa shape index (κ3) is 4.07. The molecule has 0 saturated heterocycles. The van der Waals surface area contributed by atoms with Crippen LogP contribution in [0, 0.1) is 0 Å². The highest BCUT2D eigenvalue weighted by Crippen LogP contribution is 2.15. The Kier molecular flexibility index (Phi) is 5.49. The average Bonchev–Trinajstić information content (AvgIpc) is 2.33. The quantitative estimate of drug-likeness (QED) is 0.470. The van der Waals surface area contributed by atoms with E-state index in [1.165, 1.54) is 0 Å². The molecule has 94 valence electrons. The molecule has 1 rings (SSSR count). The van der Waals surface area contributed by atoms with Crippen molar-refractivity contribution < 1.29 is 14.7 Å². The van der Waals surface area contributed by atoms with Gasteiger partial charge >= 0.3 is 0 Å². The number of benzene rings is 1. The van der Waals surface area contributed by atoms with E-state index in [0.717, 1.165) is 11.3 Å². The number of oxime groups is 1. The van der Waals surface area contributed by atoms with Crippen LogP contribution in [0.1, 0.15) is 25.8 Å². The van der Waals surface area contributed by atoms with Crippen LogP contribution in [0.2, 0.25) is 0 Å². The molecule has 0 aromatic heterocycles. The molecule has 1 aromatic carbocycles. The molecule has 0 fully saturated rings. The van der Waals surface area contributed by atoms with Gasteiger partial charge in [0.2, 0.25) is 0 Å². The second-order valence-corrected chi connectivity index (χ2v) is 3.81. The predicted molar refractivity (Wildman–Crippen MR) is 67.0 cm³/mol. The zero-order chi connectivity index (χ0) is 12.7. The Morgan fingerprint density at radius 3 is 2.47 bits per heavy atom. The van der Waals surface area contributed by atoms with Gasteiger partial charge in [-0.1, -0.05) is 12.1 Å². The number of hydrogen-bond donors (Lipinski definition) is 1. The van der Waals surface area contributed by atoms with E-state index in [4.69, 9.17) is 14.7 Å². The van der Waals surface area contributed by atoms with Crippen LogP contribution in [0.3, 0.4) is 0 Å². The second-order valence-electron chi connectivity index (χ2n) is 3.81. The molecule has 0 aliphatic carbocycles. The number of methoxy groups -OCH3 is 1. The van der Waals surface area contributed by atoms with Crippen LogP contribution in [-0.4, -0.2) is 30.7 Å². The molecule has 1 N–H and O–H groups in total. The van der Waals surface area contributed by atoms with Crippen LogP contribution in [0.4, 0.5) is 0 Å². The summed E-state index contributed by atoms with van der Waals surface area (Å²) in [6.07, 6.45) is 0.708. The molecular weight excluding hydrogens is 218 g/mol. The summed E-state index contributed by atoms with van der Waals surface area (Å²) in [5, 5.41) is 12.1. The molecule has 0 radical (unpaired) electrons. The Morgan fingerprint density at radius 1 is 1.35 bits per heavy atom. The Bertz CT molecular complexity index is 359. The maximum absolute atomic E-state index is 8.80. The van der Waals surface area contributed by atoms with Crippen molar-refractivity contribution in [1.82, 2.24) is 0 Å². The Balaban J connectivity index is 2.68. The predicted octanol–water partition coefficient (Wildman–Crippen LogP) is 2.69. The highest BCUT2D eigenvalue weighted by Gasteiger charge is 2.05. The van der Waals surface area contributed by atoms with Gasteiger partial charge in [0.1, 0.15) is 11.9 Å². The van der Waals surface area contributed by atoms with Crippen molar-refractivity contribution in [2.75, 3.05) is 13.7 Å². The first-order valence-corrected chi connectivity index (χ1v) is 5.68. The molecule has 1 atom stereocenters. The molecule has 17 heavy (non-hydrogen) atoms. The van der Waals surface area contributed by atoms with Crippen LogP contribution < -0.4 is 4.74 Å². The third-order valence-corrected chi connectivity index (χ3v) is 2.38. The van der Waals surface area contributed by atoms with Crippen LogP contribution in [0.25, 0.3) is 0 Å². The normalized spacial score (nSPS) is 13.5. The lowest BCUT2D eigenvalue weighted by Gasteiger charge is -2.13. The van der Waals surface area contributed by atoms with Crippen molar-refractivity contribution in [3.8, 4) is 5.75 Å². The zero-order valence-corrected chi connectivity index (χ0v) is 10.5. The van der Waals surface area contributed by atoms with Crippen molar-refractivity contribution in [2.24, 2.45) is 5.16 Å². The smallest absolute Gasteiger partial charge is 0.119 e. The molecular formula is C13H19NO3. The van der Waals surface area contributed by atoms with Crippen LogP contribution in [-0.2, 0) is 4.74 Å². The maximum Gasteiger partial charge on any atom is 0.119 e. The van der Waals surface area contributed by atoms with Gasteiger partial charge in [0.25, 0.3) is 0 Å². The summed E-state index contributed by atoms with van der Waals surface area (Å²) in [5.41, 5.74) is 1.57. The lowest BCUT2D eigenvalue weighted by atomic mass is 10.1. The zero-order valence-electron chi connectivity index (χ0n) is 10.5. The Morgan fingerprint density at radius 2 is 2.00 bits per heavy atom. The highest BCUT2D eigenvalue weighted by atomic mass is 16.5. The van der Waals surface area contributed by atoms with Crippen molar-refractivity contribution in [3.63, 3.8) is 0 Å². The van der Waals surface area contributed by atoms with Gasteiger partial charge in [0.05, 0.1) is 12.3 Å². The summed E-state index contributed by atoms with van der Waals surface area (Å²) in [5.74, 6) is 0.784. The van der Waals surface area contributed by atoms with Gasteiger partial charge in [-0.25, -0.2) is 0 Å². The third-order valence-electron chi connectivity index (χ3n) is 2.38. The minimum Gasteiger partial charge on any atom is -0.488 e. The van der Waals surface area contributed by atoms with E-state index in [1.807, 2.05) is 38.1 Å². The van der Waals surface area contributed by atoms with E-state index in [9.17, 15) is 0 Å². The van der Waals surface area contributed by atoms with Crippen molar-refractivity contribution >= 4 is 5.71 Å². The largest absolute Gasteiger partial charge is 0.488 e. The molecule has 0 amide bonds. The first-order valence-electron chi connectivity index (χ1n) is 5.68.